The fourth-order valence-electron chi connectivity index (χ4n) is 4.91. The lowest BCUT2D eigenvalue weighted by atomic mass is 9.87. The van der Waals surface area contributed by atoms with Gasteiger partial charge < -0.3 is 9.80 Å². The van der Waals surface area contributed by atoms with Crippen LogP contribution in [0.4, 0.5) is 10.1 Å². The minimum Gasteiger partial charge on any atom is -0.364 e. The smallest absolute Gasteiger partial charge is 0.255 e. The minimum atomic E-state index is -0.234. The van der Waals surface area contributed by atoms with Crippen LogP contribution in [0.5, 0.6) is 0 Å². The van der Waals surface area contributed by atoms with Crippen molar-refractivity contribution < 1.29 is 9.18 Å². The number of nitrogens with zero attached hydrogens (tertiary/aromatic N) is 2. The lowest BCUT2D eigenvalue weighted by molar-refractivity contribution is 0.0617. The maximum absolute atomic E-state index is 13.4. The lowest BCUT2D eigenvalue weighted by Crippen LogP contribution is -2.49. The molecule has 27 heavy (non-hydrogen) atoms. The van der Waals surface area contributed by atoms with Crippen molar-refractivity contribution in [3.8, 4) is 0 Å². The van der Waals surface area contributed by atoms with Gasteiger partial charge in [-0.25, -0.2) is 4.39 Å². The summed E-state index contributed by atoms with van der Waals surface area (Å²) in [4.78, 5) is 17.6. The molecular formula is C22H24ClFN2O. The first-order valence-electron chi connectivity index (χ1n) is 9.42. The maximum atomic E-state index is 13.4. The van der Waals surface area contributed by atoms with Gasteiger partial charge in [-0.3, -0.25) is 4.79 Å². The molecule has 2 heterocycles. The summed E-state index contributed by atoms with van der Waals surface area (Å²) in [5.41, 5.74) is 1.23. The Bertz CT molecular complexity index is 867. The van der Waals surface area contributed by atoms with E-state index in [9.17, 15) is 9.18 Å². The summed E-state index contributed by atoms with van der Waals surface area (Å²) in [6.45, 7) is 5.89. The van der Waals surface area contributed by atoms with E-state index in [1.54, 1.807) is 12.1 Å². The van der Waals surface area contributed by atoms with Gasteiger partial charge in [-0.05, 0) is 69.5 Å². The van der Waals surface area contributed by atoms with Crippen LogP contribution >= 0.6 is 11.6 Å². The fourth-order valence-corrected chi connectivity index (χ4v) is 5.13. The van der Waals surface area contributed by atoms with Gasteiger partial charge >= 0.3 is 0 Å². The zero-order valence-corrected chi connectivity index (χ0v) is 16.5. The summed E-state index contributed by atoms with van der Waals surface area (Å²) in [7, 11) is 0. The molecule has 0 aromatic heterocycles. The van der Waals surface area contributed by atoms with Gasteiger partial charge in [-0.15, -0.1) is 0 Å². The standard InChI is InChI=1S/C22H24ClFN2O/c1-21(2)14-22(15-26(21)17-10-8-16(24)9-11-17)12-5-13-25(22)20(27)18-6-3-4-7-19(18)23/h3-4,6-11H,5,12-15H2,1-2H3. The van der Waals surface area contributed by atoms with Crippen molar-refractivity contribution in [3.63, 3.8) is 0 Å². The van der Waals surface area contributed by atoms with E-state index in [0.717, 1.165) is 38.0 Å². The zero-order chi connectivity index (χ0) is 19.2. The summed E-state index contributed by atoms with van der Waals surface area (Å²) in [6, 6.07) is 13.9. The molecule has 1 atom stereocenters. The molecule has 0 aliphatic carbocycles. The molecule has 2 fully saturated rings. The van der Waals surface area contributed by atoms with Crippen LogP contribution < -0.4 is 4.90 Å². The van der Waals surface area contributed by atoms with Crippen LogP contribution in [0.1, 0.15) is 43.5 Å². The molecule has 0 saturated carbocycles. The van der Waals surface area contributed by atoms with Crippen molar-refractivity contribution in [3.05, 3.63) is 64.9 Å². The molecule has 1 unspecified atom stereocenters. The molecule has 2 aromatic rings. The van der Waals surface area contributed by atoms with Crippen LogP contribution in [0.25, 0.3) is 0 Å². The highest BCUT2D eigenvalue weighted by Gasteiger charge is 2.55. The Morgan fingerprint density at radius 1 is 1.11 bits per heavy atom. The Morgan fingerprint density at radius 3 is 2.52 bits per heavy atom. The molecule has 0 N–H and O–H groups in total. The van der Waals surface area contributed by atoms with Crippen molar-refractivity contribution in [1.29, 1.82) is 0 Å². The highest BCUT2D eigenvalue weighted by atomic mass is 35.5. The lowest BCUT2D eigenvalue weighted by Gasteiger charge is -2.35. The van der Waals surface area contributed by atoms with Crippen LogP contribution in [0.2, 0.25) is 5.02 Å². The van der Waals surface area contributed by atoms with Crippen LogP contribution in [-0.2, 0) is 0 Å². The predicted molar refractivity (Wildman–Crippen MR) is 107 cm³/mol. The number of benzene rings is 2. The summed E-state index contributed by atoms with van der Waals surface area (Å²) in [6.07, 6.45) is 2.85. The Labute approximate surface area is 164 Å². The maximum Gasteiger partial charge on any atom is 0.255 e. The highest BCUT2D eigenvalue weighted by Crippen LogP contribution is 2.47. The highest BCUT2D eigenvalue weighted by molar-refractivity contribution is 6.33. The molecule has 2 aliphatic rings. The Morgan fingerprint density at radius 2 is 1.81 bits per heavy atom. The van der Waals surface area contributed by atoms with E-state index < -0.39 is 0 Å². The van der Waals surface area contributed by atoms with Crippen LogP contribution in [0.3, 0.4) is 0 Å². The van der Waals surface area contributed by atoms with Gasteiger partial charge in [0.15, 0.2) is 0 Å². The molecule has 2 aliphatic heterocycles. The minimum absolute atomic E-state index is 0.00913. The van der Waals surface area contributed by atoms with E-state index >= 15 is 0 Å². The van der Waals surface area contributed by atoms with Gasteiger partial charge in [0, 0.05) is 24.3 Å². The van der Waals surface area contributed by atoms with Crippen molar-refractivity contribution >= 4 is 23.2 Å². The Kier molecular flexibility index (Phi) is 4.42. The van der Waals surface area contributed by atoms with Gasteiger partial charge in [-0.2, -0.15) is 0 Å². The number of carbonyl (C=O) groups is 1. The third-order valence-corrected chi connectivity index (χ3v) is 6.36. The molecule has 1 spiro atoms. The zero-order valence-electron chi connectivity index (χ0n) is 15.7. The molecular weight excluding hydrogens is 363 g/mol. The normalized spacial score (nSPS) is 24.0. The molecule has 0 bridgehead atoms. The largest absolute Gasteiger partial charge is 0.364 e. The number of anilines is 1. The van der Waals surface area contributed by atoms with Crippen molar-refractivity contribution in [2.75, 3.05) is 18.0 Å². The van der Waals surface area contributed by atoms with Crippen LogP contribution in [-0.4, -0.2) is 35.0 Å². The van der Waals surface area contributed by atoms with Crippen LogP contribution in [0.15, 0.2) is 48.5 Å². The molecule has 3 nitrogen and oxygen atoms in total. The van der Waals surface area contributed by atoms with Crippen molar-refractivity contribution in [1.82, 2.24) is 4.90 Å². The van der Waals surface area contributed by atoms with E-state index in [4.69, 9.17) is 11.6 Å². The third kappa shape index (κ3) is 3.10. The van der Waals surface area contributed by atoms with Gasteiger partial charge in [0.25, 0.3) is 5.91 Å². The van der Waals surface area contributed by atoms with Gasteiger partial charge in [0.05, 0.1) is 16.1 Å². The fraction of sp³-hybridized carbons (Fsp3) is 0.409. The number of rotatable bonds is 2. The van der Waals surface area contributed by atoms with Crippen molar-refractivity contribution in [2.24, 2.45) is 0 Å². The molecule has 2 aromatic carbocycles. The second kappa shape index (κ2) is 6.52. The van der Waals surface area contributed by atoms with Crippen molar-refractivity contribution in [2.45, 2.75) is 44.2 Å². The Hall–Kier alpha value is -2.07. The summed E-state index contributed by atoms with van der Waals surface area (Å²) >= 11 is 6.29. The summed E-state index contributed by atoms with van der Waals surface area (Å²) < 4.78 is 13.4. The molecule has 0 radical (unpaired) electrons. The van der Waals surface area contributed by atoms with E-state index in [1.165, 1.54) is 12.1 Å². The molecule has 4 rings (SSSR count). The number of amides is 1. The molecule has 142 valence electrons. The first kappa shape index (κ1) is 18.3. The first-order valence-corrected chi connectivity index (χ1v) is 9.80. The van der Waals surface area contributed by atoms with E-state index in [1.807, 2.05) is 29.2 Å². The summed E-state index contributed by atoms with van der Waals surface area (Å²) in [5, 5.41) is 0.497. The average Bonchev–Trinajstić information content (AvgIpc) is 3.15. The van der Waals surface area contributed by atoms with E-state index in [0.29, 0.717) is 10.6 Å². The quantitative estimate of drug-likeness (QED) is 0.713. The molecule has 1 amide bonds. The van der Waals surface area contributed by atoms with E-state index in [-0.39, 0.29) is 22.8 Å². The number of hydrogen-bond donors (Lipinski definition) is 0. The third-order valence-electron chi connectivity index (χ3n) is 6.03. The molecule has 2 saturated heterocycles. The van der Waals surface area contributed by atoms with Crippen LogP contribution in [0, 0.1) is 5.82 Å². The Balaban J connectivity index is 1.67. The number of likely N-dealkylation sites (tertiary alicyclic amines) is 1. The number of halogens is 2. The monoisotopic (exact) mass is 386 g/mol. The SMILES string of the molecule is CC1(C)CC2(CCCN2C(=O)c2ccccc2Cl)CN1c1ccc(F)cc1. The average molecular weight is 387 g/mol. The topological polar surface area (TPSA) is 23.6 Å². The summed E-state index contributed by atoms with van der Waals surface area (Å²) in [5.74, 6) is -0.225. The predicted octanol–water partition coefficient (Wildman–Crippen LogP) is 5.14. The number of carbonyl (C=O) groups excluding carboxylic acids is 1. The molecule has 5 heteroatoms. The second-order valence-electron chi connectivity index (χ2n) is 8.32. The van der Waals surface area contributed by atoms with Gasteiger partial charge in [-0.1, -0.05) is 23.7 Å². The van der Waals surface area contributed by atoms with Gasteiger partial charge in [0.2, 0.25) is 0 Å². The van der Waals surface area contributed by atoms with Gasteiger partial charge in [0.1, 0.15) is 5.82 Å². The number of hydrogen-bond acceptors (Lipinski definition) is 2. The second-order valence-corrected chi connectivity index (χ2v) is 8.72. The van der Waals surface area contributed by atoms with E-state index in [2.05, 4.69) is 18.7 Å². The first-order chi connectivity index (χ1) is 12.8.